The lowest BCUT2D eigenvalue weighted by atomic mass is 10.2. The summed E-state index contributed by atoms with van der Waals surface area (Å²) in [5, 5.41) is 3.64. The molecule has 0 saturated heterocycles. The Hall–Kier alpha value is -1.76. The number of nitrogen functional groups attached to an aromatic ring is 1. The van der Waals surface area contributed by atoms with Gasteiger partial charge in [-0.3, -0.25) is 0 Å². The number of nitrogens with one attached hydrogen (secondary N) is 1. The maximum Gasteiger partial charge on any atom is 0.242 e. The first-order valence-electron chi connectivity index (χ1n) is 6.16. The zero-order valence-corrected chi connectivity index (χ0v) is 13.2. The van der Waals surface area contributed by atoms with Gasteiger partial charge in [0, 0.05) is 14.1 Å². The Labute approximate surface area is 129 Å². The van der Waals surface area contributed by atoms with Crippen LogP contribution in [-0.4, -0.2) is 26.8 Å². The van der Waals surface area contributed by atoms with Gasteiger partial charge in [0.15, 0.2) is 0 Å². The maximum absolute atomic E-state index is 12.0. The van der Waals surface area contributed by atoms with Gasteiger partial charge in [0.25, 0.3) is 0 Å². The highest BCUT2D eigenvalue weighted by Crippen LogP contribution is 2.30. The minimum absolute atomic E-state index is 0.148. The summed E-state index contributed by atoms with van der Waals surface area (Å²) >= 11 is 6.07. The van der Waals surface area contributed by atoms with Crippen LogP contribution in [0.5, 0.6) is 0 Å². The van der Waals surface area contributed by atoms with Crippen LogP contribution in [0, 0.1) is 0 Å². The van der Waals surface area contributed by atoms with Crippen molar-refractivity contribution in [3.05, 3.63) is 47.5 Å². The van der Waals surface area contributed by atoms with E-state index in [1.807, 2.05) is 18.2 Å². The van der Waals surface area contributed by atoms with Crippen LogP contribution < -0.4 is 11.1 Å². The summed E-state index contributed by atoms with van der Waals surface area (Å²) in [6.07, 6.45) is 0. The zero-order valence-electron chi connectivity index (χ0n) is 11.7. The largest absolute Gasteiger partial charge is 0.397 e. The van der Waals surface area contributed by atoms with Crippen LogP contribution in [0.15, 0.2) is 47.4 Å². The van der Waals surface area contributed by atoms with Gasteiger partial charge >= 0.3 is 0 Å². The van der Waals surface area contributed by atoms with E-state index in [1.165, 1.54) is 26.2 Å². The average Bonchev–Trinajstić information content (AvgIpc) is 2.43. The number of sulfonamides is 1. The number of halogens is 1. The number of rotatable bonds is 4. The van der Waals surface area contributed by atoms with Crippen LogP contribution in [-0.2, 0) is 10.0 Å². The molecule has 0 saturated carbocycles. The van der Waals surface area contributed by atoms with Crippen molar-refractivity contribution in [1.29, 1.82) is 0 Å². The molecule has 0 amide bonds. The highest BCUT2D eigenvalue weighted by Gasteiger charge is 2.18. The molecule has 112 valence electrons. The molecule has 2 aromatic rings. The summed E-state index contributed by atoms with van der Waals surface area (Å²) in [7, 11) is -0.550. The topological polar surface area (TPSA) is 75.4 Å². The van der Waals surface area contributed by atoms with E-state index in [0.717, 1.165) is 4.31 Å². The van der Waals surface area contributed by atoms with E-state index in [9.17, 15) is 8.42 Å². The number of hydrogen-bond acceptors (Lipinski definition) is 4. The molecule has 7 heteroatoms. The summed E-state index contributed by atoms with van der Waals surface area (Å²) in [6.45, 7) is 0. The molecule has 21 heavy (non-hydrogen) atoms. The highest BCUT2D eigenvalue weighted by atomic mass is 35.5. The Balaban J connectivity index is 2.35. The number of nitrogens with two attached hydrogens (primary N) is 1. The third kappa shape index (κ3) is 3.29. The number of benzene rings is 2. The Bertz CT molecular complexity index is 761. The van der Waals surface area contributed by atoms with Gasteiger partial charge in [0.2, 0.25) is 10.0 Å². The minimum atomic E-state index is -3.50. The average molecular weight is 326 g/mol. The van der Waals surface area contributed by atoms with Crippen LogP contribution in [0.3, 0.4) is 0 Å². The predicted molar refractivity (Wildman–Crippen MR) is 86.5 cm³/mol. The SMILES string of the molecule is CN(C)S(=O)(=O)c1ccc(Nc2ccccc2Cl)c(N)c1. The molecule has 2 aromatic carbocycles. The molecule has 0 radical (unpaired) electrons. The molecule has 0 heterocycles. The molecule has 0 spiro atoms. The standard InChI is InChI=1S/C14H16ClN3O2S/c1-18(2)21(19,20)10-7-8-14(12(16)9-10)17-13-6-4-3-5-11(13)15/h3-9,17H,16H2,1-2H3. The summed E-state index contributed by atoms with van der Waals surface area (Å²) in [4.78, 5) is 0.148. The Morgan fingerprint density at radius 3 is 2.33 bits per heavy atom. The van der Waals surface area contributed by atoms with Crippen molar-refractivity contribution < 1.29 is 8.42 Å². The van der Waals surface area contributed by atoms with Crippen molar-refractivity contribution in [2.24, 2.45) is 0 Å². The first-order valence-corrected chi connectivity index (χ1v) is 7.98. The molecule has 0 atom stereocenters. The van der Waals surface area contributed by atoms with Crippen molar-refractivity contribution in [2.75, 3.05) is 25.1 Å². The van der Waals surface area contributed by atoms with Gasteiger partial charge in [-0.15, -0.1) is 0 Å². The second kappa shape index (κ2) is 5.93. The zero-order chi connectivity index (χ0) is 15.6. The Morgan fingerprint density at radius 1 is 1.10 bits per heavy atom. The van der Waals surface area contributed by atoms with Gasteiger partial charge in [-0.2, -0.15) is 0 Å². The smallest absolute Gasteiger partial charge is 0.242 e. The molecule has 0 aliphatic heterocycles. The summed E-state index contributed by atoms with van der Waals surface area (Å²) in [5.74, 6) is 0. The molecule has 0 unspecified atom stereocenters. The lowest BCUT2D eigenvalue weighted by Crippen LogP contribution is -2.22. The van der Waals surface area contributed by atoms with Crippen molar-refractivity contribution >= 4 is 38.7 Å². The van der Waals surface area contributed by atoms with Crippen molar-refractivity contribution in [3.8, 4) is 0 Å². The van der Waals surface area contributed by atoms with Crippen molar-refractivity contribution in [3.63, 3.8) is 0 Å². The van der Waals surface area contributed by atoms with Crippen molar-refractivity contribution in [1.82, 2.24) is 4.31 Å². The van der Waals surface area contributed by atoms with E-state index >= 15 is 0 Å². The van der Waals surface area contributed by atoms with Crippen molar-refractivity contribution in [2.45, 2.75) is 4.90 Å². The van der Waals surface area contributed by atoms with Gasteiger partial charge in [-0.1, -0.05) is 23.7 Å². The first kappa shape index (κ1) is 15.6. The highest BCUT2D eigenvalue weighted by molar-refractivity contribution is 7.89. The monoisotopic (exact) mass is 325 g/mol. The fraction of sp³-hybridized carbons (Fsp3) is 0.143. The molecule has 5 nitrogen and oxygen atoms in total. The van der Waals surface area contributed by atoms with E-state index < -0.39 is 10.0 Å². The first-order chi connectivity index (χ1) is 9.82. The lowest BCUT2D eigenvalue weighted by molar-refractivity contribution is 0.521. The quantitative estimate of drug-likeness (QED) is 0.847. The molecule has 0 aliphatic rings. The van der Waals surface area contributed by atoms with Gasteiger partial charge in [-0.05, 0) is 30.3 Å². The lowest BCUT2D eigenvalue weighted by Gasteiger charge is -2.14. The molecular weight excluding hydrogens is 310 g/mol. The molecule has 0 fully saturated rings. The molecule has 3 N–H and O–H groups in total. The second-order valence-corrected chi connectivity index (χ2v) is 7.20. The summed E-state index contributed by atoms with van der Waals surface area (Å²) in [5.41, 5.74) is 7.56. The van der Waals surface area contributed by atoms with E-state index in [2.05, 4.69) is 5.32 Å². The number of hydrogen-bond donors (Lipinski definition) is 2. The Kier molecular flexibility index (Phi) is 4.41. The van der Waals surface area contributed by atoms with E-state index in [-0.39, 0.29) is 4.90 Å². The third-order valence-electron chi connectivity index (χ3n) is 2.94. The van der Waals surface area contributed by atoms with E-state index in [4.69, 9.17) is 17.3 Å². The van der Waals surface area contributed by atoms with Crippen LogP contribution in [0.2, 0.25) is 5.02 Å². The van der Waals surface area contributed by atoms with Crippen LogP contribution >= 0.6 is 11.6 Å². The number of anilines is 3. The van der Waals surface area contributed by atoms with E-state index in [1.54, 1.807) is 12.1 Å². The van der Waals surface area contributed by atoms with Gasteiger partial charge in [0.05, 0.1) is 27.0 Å². The molecule has 0 bridgehead atoms. The normalized spacial score (nSPS) is 11.6. The molecule has 0 aliphatic carbocycles. The van der Waals surface area contributed by atoms with Gasteiger partial charge in [-0.25, -0.2) is 12.7 Å². The minimum Gasteiger partial charge on any atom is -0.397 e. The number of para-hydroxylation sites is 1. The summed E-state index contributed by atoms with van der Waals surface area (Å²) < 4.78 is 25.2. The fourth-order valence-electron chi connectivity index (χ4n) is 1.73. The van der Waals surface area contributed by atoms with Crippen LogP contribution in [0.4, 0.5) is 17.1 Å². The van der Waals surface area contributed by atoms with Crippen LogP contribution in [0.1, 0.15) is 0 Å². The van der Waals surface area contributed by atoms with E-state index in [0.29, 0.717) is 22.1 Å². The fourth-order valence-corrected chi connectivity index (χ4v) is 2.85. The maximum atomic E-state index is 12.0. The third-order valence-corrected chi connectivity index (χ3v) is 5.09. The predicted octanol–water partition coefficient (Wildman–Crippen LogP) is 2.92. The molecule has 2 rings (SSSR count). The molecular formula is C14H16ClN3O2S. The number of nitrogens with zero attached hydrogens (tertiary/aromatic N) is 1. The molecule has 0 aromatic heterocycles. The second-order valence-electron chi connectivity index (χ2n) is 4.64. The van der Waals surface area contributed by atoms with Crippen LogP contribution in [0.25, 0.3) is 0 Å². The van der Waals surface area contributed by atoms with Gasteiger partial charge in [0.1, 0.15) is 0 Å². The summed E-state index contributed by atoms with van der Waals surface area (Å²) in [6, 6.07) is 11.8. The Morgan fingerprint density at radius 2 is 1.76 bits per heavy atom. The van der Waals surface area contributed by atoms with Gasteiger partial charge < -0.3 is 11.1 Å².